The van der Waals surface area contributed by atoms with Crippen molar-refractivity contribution in [2.75, 3.05) is 11.9 Å². The van der Waals surface area contributed by atoms with Crippen LogP contribution in [0.2, 0.25) is 0 Å². The summed E-state index contributed by atoms with van der Waals surface area (Å²) in [7, 11) is -7.91. The number of primary sulfonamides is 1. The number of carbonyl (C=O) groups excluding carboxylic acids is 2. The maximum atomic E-state index is 12.2. The third-order valence-corrected chi connectivity index (χ3v) is 6.47. The van der Waals surface area contributed by atoms with Gasteiger partial charge in [-0.15, -0.1) is 0 Å². The Labute approximate surface area is 174 Å². The Kier molecular flexibility index (Phi) is 7.31. The molecule has 2 aromatic carbocycles. The number of nitrogens with two attached hydrogens (primary N) is 1. The van der Waals surface area contributed by atoms with Crippen molar-refractivity contribution in [3.05, 3.63) is 54.1 Å². The lowest BCUT2D eigenvalue weighted by Gasteiger charge is -2.14. The number of amides is 1. The molecule has 0 aromatic heterocycles. The molecule has 0 saturated carbocycles. The number of benzene rings is 2. The molecule has 2 aromatic rings. The number of hydrogen-bond donors (Lipinski definition) is 3. The highest BCUT2D eigenvalue weighted by atomic mass is 32.2. The van der Waals surface area contributed by atoms with Gasteiger partial charge in [-0.05, 0) is 43.7 Å². The van der Waals surface area contributed by atoms with Crippen molar-refractivity contribution in [1.29, 1.82) is 0 Å². The van der Waals surface area contributed by atoms with Gasteiger partial charge in [0, 0.05) is 5.69 Å². The highest BCUT2D eigenvalue weighted by Gasteiger charge is 2.23. The van der Waals surface area contributed by atoms with Gasteiger partial charge in [0.1, 0.15) is 6.04 Å². The molecule has 0 fully saturated rings. The fourth-order valence-corrected chi connectivity index (χ4v) is 4.41. The zero-order valence-corrected chi connectivity index (χ0v) is 17.8. The topological polar surface area (TPSA) is 162 Å². The molecule has 2 rings (SSSR count). The lowest BCUT2D eigenvalue weighted by molar-refractivity contribution is -0.148. The van der Waals surface area contributed by atoms with Crippen LogP contribution in [0.5, 0.6) is 0 Å². The van der Waals surface area contributed by atoms with Gasteiger partial charge in [-0.3, -0.25) is 9.59 Å². The van der Waals surface area contributed by atoms with E-state index in [-0.39, 0.29) is 15.5 Å². The molecule has 1 atom stereocenters. The number of esters is 1. The molecule has 0 aliphatic carbocycles. The lowest BCUT2D eigenvalue weighted by Crippen LogP contribution is -2.40. The molecule has 0 heterocycles. The third-order valence-electron chi connectivity index (χ3n) is 3.86. The number of hydrogen-bond acceptors (Lipinski definition) is 7. The summed E-state index contributed by atoms with van der Waals surface area (Å²) in [6.45, 7) is 2.12. The second kappa shape index (κ2) is 9.34. The van der Waals surface area contributed by atoms with Crippen LogP contribution in [-0.4, -0.2) is 41.4 Å². The summed E-state index contributed by atoms with van der Waals surface area (Å²) in [5.74, 6) is -1.70. The van der Waals surface area contributed by atoms with Crippen molar-refractivity contribution in [3.63, 3.8) is 0 Å². The van der Waals surface area contributed by atoms with Gasteiger partial charge in [-0.25, -0.2) is 22.0 Å². The van der Waals surface area contributed by atoms with Crippen LogP contribution in [0, 0.1) is 6.92 Å². The average Bonchev–Trinajstić information content (AvgIpc) is 2.67. The summed E-state index contributed by atoms with van der Waals surface area (Å²) in [6, 6.07) is 10.3. The van der Waals surface area contributed by atoms with E-state index >= 15 is 0 Å². The second-order valence-electron chi connectivity index (χ2n) is 6.34. The average molecular weight is 456 g/mol. The van der Waals surface area contributed by atoms with Crippen molar-refractivity contribution < 1.29 is 31.2 Å². The number of carbonyl (C=O) groups is 2. The minimum absolute atomic E-state index is 0.0209. The van der Waals surface area contributed by atoms with Crippen LogP contribution in [0.4, 0.5) is 5.69 Å². The largest absolute Gasteiger partial charge is 0.454 e. The van der Waals surface area contributed by atoms with Gasteiger partial charge < -0.3 is 10.1 Å². The monoisotopic (exact) mass is 455 g/mol. The van der Waals surface area contributed by atoms with E-state index in [0.717, 1.165) is 0 Å². The second-order valence-corrected chi connectivity index (χ2v) is 9.58. The molecule has 1 amide bonds. The fourth-order valence-electron chi connectivity index (χ4n) is 2.39. The summed E-state index contributed by atoms with van der Waals surface area (Å²) in [4.78, 5) is 23.8. The molecular weight excluding hydrogens is 434 g/mol. The highest BCUT2D eigenvalue weighted by Crippen LogP contribution is 2.19. The molecule has 1 unspecified atom stereocenters. The van der Waals surface area contributed by atoms with E-state index in [1.54, 1.807) is 13.0 Å². The molecule has 30 heavy (non-hydrogen) atoms. The number of anilines is 1. The molecule has 12 heteroatoms. The molecule has 4 N–H and O–H groups in total. The highest BCUT2D eigenvalue weighted by molar-refractivity contribution is 7.89. The van der Waals surface area contributed by atoms with Crippen LogP contribution in [0.1, 0.15) is 12.5 Å². The van der Waals surface area contributed by atoms with Gasteiger partial charge >= 0.3 is 5.97 Å². The van der Waals surface area contributed by atoms with Gasteiger partial charge in [0.05, 0.1) is 9.79 Å². The van der Waals surface area contributed by atoms with E-state index in [1.807, 2.05) is 0 Å². The molecule has 0 radical (unpaired) electrons. The van der Waals surface area contributed by atoms with E-state index in [0.29, 0.717) is 5.56 Å². The lowest BCUT2D eigenvalue weighted by atomic mass is 10.2. The SMILES string of the molecule is Cc1ccc(NC(=O)COC(=O)C(C)NS(=O)(=O)c2ccccc2)cc1S(N)(=O)=O. The van der Waals surface area contributed by atoms with E-state index in [4.69, 9.17) is 9.88 Å². The summed E-state index contributed by atoms with van der Waals surface area (Å²) >= 11 is 0. The van der Waals surface area contributed by atoms with E-state index < -0.39 is 44.6 Å². The van der Waals surface area contributed by atoms with Crippen molar-refractivity contribution >= 4 is 37.6 Å². The summed E-state index contributed by atoms with van der Waals surface area (Å²) in [5.41, 5.74) is 0.546. The molecular formula is C18H21N3O7S2. The molecule has 0 aliphatic heterocycles. The standard InChI is InChI=1S/C18H21N3O7S2/c1-12-8-9-14(10-16(12)29(19,24)25)20-17(22)11-28-18(23)13(2)21-30(26,27)15-6-4-3-5-7-15/h3-10,13,21H,11H2,1-2H3,(H,20,22)(H2,19,24,25). The van der Waals surface area contributed by atoms with Gasteiger partial charge in [0.15, 0.2) is 6.61 Å². The molecule has 0 saturated heterocycles. The normalized spacial score (nSPS) is 12.8. The molecule has 0 bridgehead atoms. The Morgan fingerprint density at radius 1 is 1.07 bits per heavy atom. The van der Waals surface area contributed by atoms with Crippen LogP contribution >= 0.6 is 0 Å². The van der Waals surface area contributed by atoms with Crippen molar-refractivity contribution in [2.45, 2.75) is 29.7 Å². The third kappa shape index (κ3) is 6.35. The predicted molar refractivity (Wildman–Crippen MR) is 108 cm³/mol. The molecule has 0 aliphatic rings. The predicted octanol–water partition coefficient (Wildman–Crippen LogP) is 0.491. The zero-order valence-electron chi connectivity index (χ0n) is 16.2. The van der Waals surface area contributed by atoms with E-state index in [2.05, 4.69) is 10.0 Å². The fraction of sp³-hybridized carbons (Fsp3) is 0.222. The molecule has 162 valence electrons. The zero-order chi connectivity index (χ0) is 22.5. The Morgan fingerprint density at radius 3 is 2.30 bits per heavy atom. The van der Waals surface area contributed by atoms with Gasteiger partial charge in [0.25, 0.3) is 5.91 Å². The number of ether oxygens (including phenoxy) is 1. The van der Waals surface area contributed by atoms with E-state index in [9.17, 15) is 26.4 Å². The van der Waals surface area contributed by atoms with Crippen LogP contribution in [-0.2, 0) is 34.4 Å². The van der Waals surface area contributed by atoms with Crippen molar-refractivity contribution in [2.24, 2.45) is 5.14 Å². The van der Waals surface area contributed by atoms with Crippen LogP contribution in [0.15, 0.2) is 58.3 Å². The maximum absolute atomic E-state index is 12.2. The van der Waals surface area contributed by atoms with E-state index in [1.165, 1.54) is 49.4 Å². The van der Waals surface area contributed by atoms with Crippen LogP contribution in [0.25, 0.3) is 0 Å². The minimum Gasteiger partial charge on any atom is -0.454 e. The minimum atomic E-state index is -3.97. The first-order valence-corrected chi connectivity index (χ1v) is 11.6. The van der Waals surface area contributed by atoms with Gasteiger partial charge in [-0.2, -0.15) is 4.72 Å². The smallest absolute Gasteiger partial charge is 0.324 e. The first-order valence-electron chi connectivity index (χ1n) is 8.57. The van der Waals surface area contributed by atoms with Crippen molar-refractivity contribution in [1.82, 2.24) is 4.72 Å². The Bertz CT molecular complexity index is 1150. The number of sulfonamides is 2. The maximum Gasteiger partial charge on any atom is 0.324 e. The first kappa shape index (κ1) is 23.5. The summed E-state index contributed by atoms with van der Waals surface area (Å²) in [5, 5.41) is 7.49. The summed E-state index contributed by atoms with van der Waals surface area (Å²) in [6.07, 6.45) is 0. The Morgan fingerprint density at radius 2 is 1.70 bits per heavy atom. The molecule has 0 spiro atoms. The summed E-state index contributed by atoms with van der Waals surface area (Å²) < 4.78 is 54.5. The molecule has 10 nitrogen and oxygen atoms in total. The quantitative estimate of drug-likeness (QED) is 0.488. The van der Waals surface area contributed by atoms with Gasteiger partial charge in [-0.1, -0.05) is 24.3 Å². The van der Waals surface area contributed by atoms with Crippen molar-refractivity contribution in [3.8, 4) is 0 Å². The first-order chi connectivity index (χ1) is 13.9. The number of nitrogens with one attached hydrogen (secondary N) is 2. The number of rotatable bonds is 8. The van der Waals surface area contributed by atoms with Crippen LogP contribution < -0.4 is 15.2 Å². The van der Waals surface area contributed by atoms with Gasteiger partial charge in [0.2, 0.25) is 20.0 Å². The Hall–Kier alpha value is -2.80. The van der Waals surface area contributed by atoms with Crippen LogP contribution in [0.3, 0.4) is 0 Å². The Balaban J connectivity index is 1.94. The number of aryl methyl sites for hydroxylation is 1.